The van der Waals surface area contributed by atoms with Gasteiger partial charge >= 0.3 is 0 Å². The van der Waals surface area contributed by atoms with Crippen LogP contribution in [0.3, 0.4) is 0 Å². The van der Waals surface area contributed by atoms with Gasteiger partial charge in [0.25, 0.3) is 0 Å². The fourth-order valence-corrected chi connectivity index (χ4v) is 2.92. The van der Waals surface area contributed by atoms with Crippen molar-refractivity contribution in [3.8, 4) is 11.5 Å². The molecule has 2 N–H and O–H groups in total. The first-order valence-corrected chi connectivity index (χ1v) is 9.71. The third-order valence-corrected chi connectivity index (χ3v) is 4.74. The molecular formula is C20H27N3O2S. The number of hydrogen-bond acceptors (Lipinski definition) is 4. The van der Waals surface area contributed by atoms with Crippen molar-refractivity contribution in [2.45, 2.75) is 17.9 Å². The van der Waals surface area contributed by atoms with Crippen LogP contribution >= 0.6 is 11.8 Å². The molecule has 0 unspecified atom stereocenters. The van der Waals surface area contributed by atoms with Crippen molar-refractivity contribution in [2.24, 2.45) is 4.99 Å². The smallest absolute Gasteiger partial charge is 0.191 e. The molecule has 0 amide bonds. The minimum Gasteiger partial charge on any atom is -0.493 e. The molecule has 2 aromatic rings. The molecule has 0 fully saturated rings. The molecule has 0 aliphatic heterocycles. The fraction of sp³-hybridized carbons (Fsp3) is 0.350. The summed E-state index contributed by atoms with van der Waals surface area (Å²) < 4.78 is 10.6. The standard InChI is InChI=1S/C20H27N3O2S/c1-21-20(23-14-16-5-8-17(26-4)9-6-16)22-12-11-15-7-10-18(24-2)19(13-15)25-3/h5-10,13H,11-12,14H2,1-4H3,(H2,21,22,23). The monoisotopic (exact) mass is 373 g/mol. The lowest BCUT2D eigenvalue weighted by Crippen LogP contribution is -2.37. The van der Waals surface area contributed by atoms with Gasteiger partial charge in [0.15, 0.2) is 17.5 Å². The van der Waals surface area contributed by atoms with Gasteiger partial charge in [-0.3, -0.25) is 4.99 Å². The third-order valence-electron chi connectivity index (χ3n) is 4.00. The summed E-state index contributed by atoms with van der Waals surface area (Å²) in [5.74, 6) is 2.29. The van der Waals surface area contributed by atoms with Gasteiger partial charge in [0.05, 0.1) is 14.2 Å². The first kappa shape index (κ1) is 20.0. The first-order valence-electron chi connectivity index (χ1n) is 8.48. The van der Waals surface area contributed by atoms with E-state index in [4.69, 9.17) is 9.47 Å². The lowest BCUT2D eigenvalue weighted by Gasteiger charge is -2.13. The summed E-state index contributed by atoms with van der Waals surface area (Å²) in [6.07, 6.45) is 2.95. The van der Waals surface area contributed by atoms with Crippen molar-refractivity contribution in [2.75, 3.05) is 34.1 Å². The van der Waals surface area contributed by atoms with E-state index < -0.39 is 0 Å². The van der Waals surface area contributed by atoms with E-state index in [9.17, 15) is 0 Å². The first-order chi connectivity index (χ1) is 12.7. The number of thioether (sulfide) groups is 1. The Bertz CT molecular complexity index is 717. The van der Waals surface area contributed by atoms with Gasteiger partial charge in [-0.05, 0) is 48.1 Å². The van der Waals surface area contributed by atoms with Crippen molar-refractivity contribution >= 4 is 17.7 Å². The number of ether oxygens (including phenoxy) is 2. The molecule has 0 spiro atoms. The van der Waals surface area contributed by atoms with E-state index in [1.54, 1.807) is 33.0 Å². The number of hydrogen-bond donors (Lipinski definition) is 2. The molecule has 0 aliphatic carbocycles. The predicted octanol–water partition coefficient (Wildman–Crippen LogP) is 3.33. The summed E-state index contributed by atoms with van der Waals surface area (Å²) in [6.45, 7) is 1.52. The van der Waals surface area contributed by atoms with Gasteiger partial charge in [-0.25, -0.2) is 0 Å². The highest BCUT2D eigenvalue weighted by Gasteiger charge is 2.05. The van der Waals surface area contributed by atoms with Crippen molar-refractivity contribution in [1.82, 2.24) is 10.6 Å². The average Bonchev–Trinajstić information content (AvgIpc) is 2.70. The Balaban J connectivity index is 1.81. The van der Waals surface area contributed by atoms with Crippen LogP contribution in [-0.4, -0.2) is 40.0 Å². The van der Waals surface area contributed by atoms with Gasteiger partial charge in [0, 0.05) is 25.0 Å². The Hall–Kier alpha value is -2.34. The predicted molar refractivity (Wildman–Crippen MR) is 110 cm³/mol. The highest BCUT2D eigenvalue weighted by molar-refractivity contribution is 7.98. The van der Waals surface area contributed by atoms with Crippen LogP contribution in [0.25, 0.3) is 0 Å². The Kier molecular flexibility index (Phi) is 8.15. The second-order valence-electron chi connectivity index (χ2n) is 5.64. The lowest BCUT2D eigenvalue weighted by atomic mass is 10.1. The van der Waals surface area contributed by atoms with Crippen LogP contribution in [0.5, 0.6) is 11.5 Å². The summed E-state index contributed by atoms with van der Waals surface area (Å²) >= 11 is 1.75. The summed E-state index contributed by atoms with van der Waals surface area (Å²) in [7, 11) is 5.07. The Morgan fingerprint density at radius 3 is 2.27 bits per heavy atom. The van der Waals surface area contributed by atoms with Crippen LogP contribution in [0.4, 0.5) is 0 Å². The van der Waals surface area contributed by atoms with E-state index >= 15 is 0 Å². The number of methoxy groups -OCH3 is 2. The molecule has 0 bridgehead atoms. The quantitative estimate of drug-likeness (QED) is 0.422. The zero-order valence-corrected chi connectivity index (χ0v) is 16.7. The Morgan fingerprint density at radius 2 is 1.65 bits per heavy atom. The van der Waals surface area contributed by atoms with E-state index in [2.05, 4.69) is 46.1 Å². The minimum atomic E-state index is 0.741. The number of benzene rings is 2. The molecule has 2 rings (SSSR count). The van der Waals surface area contributed by atoms with Crippen LogP contribution < -0.4 is 20.1 Å². The van der Waals surface area contributed by atoms with Crippen LogP contribution in [0.2, 0.25) is 0 Å². The van der Waals surface area contributed by atoms with E-state index in [-0.39, 0.29) is 0 Å². The molecule has 0 atom stereocenters. The summed E-state index contributed by atoms with van der Waals surface area (Å²) in [5.41, 5.74) is 2.41. The minimum absolute atomic E-state index is 0.741. The lowest BCUT2D eigenvalue weighted by molar-refractivity contribution is 0.354. The summed E-state index contributed by atoms with van der Waals surface area (Å²) in [6, 6.07) is 14.5. The number of nitrogens with one attached hydrogen (secondary N) is 2. The third kappa shape index (κ3) is 5.88. The SMILES string of the molecule is CN=C(NCCc1ccc(OC)c(OC)c1)NCc1ccc(SC)cc1. The van der Waals surface area contributed by atoms with Crippen molar-refractivity contribution in [3.05, 3.63) is 53.6 Å². The van der Waals surface area contributed by atoms with Crippen LogP contribution in [-0.2, 0) is 13.0 Å². The largest absolute Gasteiger partial charge is 0.493 e. The molecule has 0 saturated carbocycles. The van der Waals surface area contributed by atoms with E-state index in [1.165, 1.54) is 16.0 Å². The van der Waals surface area contributed by atoms with Crippen molar-refractivity contribution in [3.63, 3.8) is 0 Å². The molecule has 0 radical (unpaired) electrons. The van der Waals surface area contributed by atoms with Gasteiger partial charge in [0.2, 0.25) is 0 Å². The van der Waals surface area contributed by atoms with E-state index in [0.717, 1.165) is 37.0 Å². The number of aliphatic imine (C=N–C) groups is 1. The zero-order valence-electron chi connectivity index (χ0n) is 15.8. The molecule has 6 heteroatoms. The van der Waals surface area contributed by atoms with Gasteiger partial charge in [0.1, 0.15) is 0 Å². The molecule has 26 heavy (non-hydrogen) atoms. The summed E-state index contributed by atoms with van der Waals surface area (Å²) in [5, 5.41) is 6.68. The van der Waals surface area contributed by atoms with E-state index in [1.807, 2.05) is 18.2 Å². The Morgan fingerprint density at radius 1 is 0.962 bits per heavy atom. The average molecular weight is 374 g/mol. The van der Waals surface area contributed by atoms with Crippen LogP contribution in [0.1, 0.15) is 11.1 Å². The molecule has 0 aliphatic rings. The van der Waals surface area contributed by atoms with Crippen molar-refractivity contribution in [1.29, 1.82) is 0 Å². The summed E-state index contributed by atoms with van der Waals surface area (Å²) in [4.78, 5) is 5.54. The maximum absolute atomic E-state index is 5.35. The van der Waals surface area contributed by atoms with E-state index in [0.29, 0.717) is 0 Å². The normalized spacial score (nSPS) is 11.2. The van der Waals surface area contributed by atoms with Crippen LogP contribution in [0.15, 0.2) is 52.4 Å². The Labute approximate surface area is 160 Å². The zero-order chi connectivity index (χ0) is 18.8. The molecule has 0 saturated heterocycles. The second kappa shape index (κ2) is 10.6. The van der Waals surface area contributed by atoms with Gasteiger partial charge in [-0.2, -0.15) is 0 Å². The molecule has 5 nitrogen and oxygen atoms in total. The number of guanidine groups is 1. The topological polar surface area (TPSA) is 54.9 Å². The maximum Gasteiger partial charge on any atom is 0.191 e. The molecule has 140 valence electrons. The fourth-order valence-electron chi connectivity index (χ4n) is 2.51. The molecular weight excluding hydrogens is 346 g/mol. The van der Waals surface area contributed by atoms with Gasteiger partial charge in [-0.15, -0.1) is 11.8 Å². The molecule has 0 heterocycles. The molecule has 0 aromatic heterocycles. The number of rotatable bonds is 8. The van der Waals surface area contributed by atoms with Crippen molar-refractivity contribution < 1.29 is 9.47 Å². The van der Waals surface area contributed by atoms with Gasteiger partial charge < -0.3 is 20.1 Å². The number of nitrogens with zero attached hydrogens (tertiary/aromatic N) is 1. The second-order valence-corrected chi connectivity index (χ2v) is 6.52. The molecule has 2 aromatic carbocycles. The van der Waals surface area contributed by atoms with Gasteiger partial charge in [-0.1, -0.05) is 18.2 Å². The highest BCUT2D eigenvalue weighted by Crippen LogP contribution is 2.27. The maximum atomic E-state index is 5.35. The van der Waals surface area contributed by atoms with Crippen LogP contribution in [0, 0.1) is 0 Å². The highest BCUT2D eigenvalue weighted by atomic mass is 32.2.